The minimum Gasteiger partial charge on any atom is -0.361 e. The molecule has 1 N–H and O–H groups in total. The van der Waals surface area contributed by atoms with Gasteiger partial charge in [-0.25, -0.2) is 0 Å². The van der Waals surface area contributed by atoms with Crippen LogP contribution in [0.4, 0.5) is 0 Å². The van der Waals surface area contributed by atoms with E-state index >= 15 is 0 Å². The second-order valence-corrected chi connectivity index (χ2v) is 6.92. The number of aliphatic imine (C=N–C) groups is 1. The average Bonchev–Trinajstić information content (AvgIpc) is 2.64. The zero-order valence-electron chi connectivity index (χ0n) is 10.8. The topological polar surface area (TPSA) is 24.4 Å². The van der Waals surface area contributed by atoms with Crippen LogP contribution < -0.4 is 5.32 Å². The maximum atomic E-state index is 4.60. The fraction of sp³-hybridized carbons (Fsp3) is 0.917. The highest BCUT2D eigenvalue weighted by molar-refractivity contribution is 8.14. The molecule has 0 spiro atoms. The van der Waals surface area contributed by atoms with Crippen molar-refractivity contribution in [2.75, 3.05) is 18.6 Å². The van der Waals surface area contributed by atoms with Crippen LogP contribution in [0.2, 0.25) is 0 Å². The zero-order valence-corrected chi connectivity index (χ0v) is 12.5. The molecule has 16 heavy (non-hydrogen) atoms. The normalized spacial score (nSPS) is 22.3. The molecule has 2 atom stereocenters. The molecule has 0 bridgehead atoms. The van der Waals surface area contributed by atoms with Crippen molar-refractivity contribution >= 4 is 28.7 Å². The number of thioether (sulfide) groups is 2. The molecule has 1 aliphatic heterocycles. The highest BCUT2D eigenvalue weighted by atomic mass is 32.2. The van der Waals surface area contributed by atoms with Crippen molar-refractivity contribution in [2.45, 2.75) is 44.9 Å². The van der Waals surface area contributed by atoms with Crippen LogP contribution in [0.1, 0.15) is 33.6 Å². The van der Waals surface area contributed by atoms with Crippen LogP contribution in [0.5, 0.6) is 0 Å². The van der Waals surface area contributed by atoms with Crippen LogP contribution in [-0.4, -0.2) is 35.0 Å². The molecule has 0 aromatic carbocycles. The Labute approximate surface area is 108 Å². The molecule has 94 valence electrons. The number of hydrogen-bond donors (Lipinski definition) is 1. The van der Waals surface area contributed by atoms with E-state index in [0.29, 0.717) is 11.3 Å². The Balaban J connectivity index is 2.29. The zero-order chi connectivity index (χ0) is 12.0. The van der Waals surface area contributed by atoms with Crippen molar-refractivity contribution < 1.29 is 0 Å². The van der Waals surface area contributed by atoms with E-state index in [2.05, 4.69) is 37.3 Å². The second-order valence-electron chi connectivity index (χ2n) is 4.72. The Bertz CT molecular complexity index is 229. The summed E-state index contributed by atoms with van der Waals surface area (Å²) < 4.78 is 0. The van der Waals surface area contributed by atoms with E-state index in [1.54, 1.807) is 0 Å². The fourth-order valence-electron chi connectivity index (χ4n) is 1.78. The van der Waals surface area contributed by atoms with Gasteiger partial charge < -0.3 is 5.32 Å². The predicted molar refractivity (Wildman–Crippen MR) is 78.7 cm³/mol. The highest BCUT2D eigenvalue weighted by Gasteiger charge is 2.21. The molecule has 0 saturated carbocycles. The molecule has 0 aliphatic carbocycles. The van der Waals surface area contributed by atoms with Gasteiger partial charge in [0.25, 0.3) is 0 Å². The lowest BCUT2D eigenvalue weighted by Crippen LogP contribution is -2.34. The lowest BCUT2D eigenvalue weighted by Gasteiger charge is -2.17. The van der Waals surface area contributed by atoms with E-state index in [1.807, 2.05) is 23.5 Å². The van der Waals surface area contributed by atoms with Gasteiger partial charge in [-0.3, -0.25) is 4.99 Å². The third kappa shape index (κ3) is 5.00. The highest BCUT2D eigenvalue weighted by Crippen LogP contribution is 2.25. The smallest absolute Gasteiger partial charge is 0.157 e. The van der Waals surface area contributed by atoms with E-state index < -0.39 is 0 Å². The second kappa shape index (κ2) is 7.49. The third-order valence-electron chi connectivity index (χ3n) is 2.64. The summed E-state index contributed by atoms with van der Waals surface area (Å²) in [6.45, 7) is 7.81. The van der Waals surface area contributed by atoms with Crippen LogP contribution in [0, 0.1) is 5.92 Å². The number of hydrogen-bond acceptors (Lipinski definition) is 4. The van der Waals surface area contributed by atoms with Crippen LogP contribution in [0.3, 0.4) is 0 Å². The van der Waals surface area contributed by atoms with Crippen LogP contribution in [0.25, 0.3) is 0 Å². The minimum absolute atomic E-state index is 0.582. The summed E-state index contributed by atoms with van der Waals surface area (Å²) in [4.78, 5) is 4.60. The fourth-order valence-corrected chi connectivity index (χ4v) is 3.83. The standard InChI is InChI=1S/C12H24N2S2/c1-5-10(8-15-4)14-12-13-7-11(16-12)6-9(2)3/h9-11H,5-8H2,1-4H3,(H,13,14). The third-order valence-corrected chi connectivity index (χ3v) is 4.52. The van der Waals surface area contributed by atoms with Gasteiger partial charge in [-0.1, -0.05) is 32.5 Å². The number of amidine groups is 1. The molecule has 0 amide bonds. The summed E-state index contributed by atoms with van der Waals surface area (Å²) in [5.74, 6) is 1.95. The lowest BCUT2D eigenvalue weighted by molar-refractivity contribution is 0.575. The summed E-state index contributed by atoms with van der Waals surface area (Å²) in [5, 5.41) is 5.44. The largest absolute Gasteiger partial charge is 0.361 e. The molecular formula is C12H24N2S2. The Morgan fingerprint density at radius 3 is 2.88 bits per heavy atom. The van der Waals surface area contributed by atoms with E-state index in [-0.39, 0.29) is 0 Å². The Morgan fingerprint density at radius 1 is 1.56 bits per heavy atom. The van der Waals surface area contributed by atoms with E-state index in [1.165, 1.54) is 23.8 Å². The summed E-state index contributed by atoms with van der Waals surface area (Å²) in [6.07, 6.45) is 4.61. The van der Waals surface area contributed by atoms with E-state index in [9.17, 15) is 0 Å². The molecule has 0 aromatic rings. The first-order chi connectivity index (χ1) is 7.65. The molecule has 0 aromatic heterocycles. The molecule has 1 heterocycles. The summed E-state index contributed by atoms with van der Waals surface area (Å²) in [5.41, 5.74) is 0. The van der Waals surface area contributed by atoms with Gasteiger partial charge in [-0.15, -0.1) is 0 Å². The lowest BCUT2D eigenvalue weighted by atomic mass is 10.1. The van der Waals surface area contributed by atoms with Crippen molar-refractivity contribution in [2.24, 2.45) is 10.9 Å². The quantitative estimate of drug-likeness (QED) is 0.793. The van der Waals surface area contributed by atoms with Gasteiger partial charge in [-0.05, 0) is 25.0 Å². The number of nitrogens with zero attached hydrogens (tertiary/aromatic N) is 1. The summed E-state index contributed by atoms with van der Waals surface area (Å²) >= 11 is 3.84. The van der Waals surface area contributed by atoms with Gasteiger partial charge in [0.15, 0.2) is 5.17 Å². The summed E-state index contributed by atoms with van der Waals surface area (Å²) in [7, 11) is 0. The van der Waals surface area contributed by atoms with Crippen molar-refractivity contribution in [3.05, 3.63) is 0 Å². The Kier molecular flexibility index (Phi) is 6.66. The van der Waals surface area contributed by atoms with Gasteiger partial charge in [0.05, 0.1) is 6.54 Å². The molecule has 1 aliphatic rings. The molecule has 2 unspecified atom stereocenters. The minimum atomic E-state index is 0.582. The Morgan fingerprint density at radius 2 is 2.31 bits per heavy atom. The number of nitrogens with one attached hydrogen (secondary N) is 1. The first-order valence-corrected chi connectivity index (χ1v) is 8.39. The molecule has 0 radical (unpaired) electrons. The monoisotopic (exact) mass is 260 g/mol. The van der Waals surface area contributed by atoms with E-state index in [0.717, 1.165) is 12.5 Å². The van der Waals surface area contributed by atoms with Crippen LogP contribution >= 0.6 is 23.5 Å². The van der Waals surface area contributed by atoms with Gasteiger partial charge in [0, 0.05) is 17.0 Å². The van der Waals surface area contributed by atoms with Gasteiger partial charge in [-0.2, -0.15) is 11.8 Å². The first kappa shape index (κ1) is 14.2. The molecule has 4 heteroatoms. The van der Waals surface area contributed by atoms with Crippen molar-refractivity contribution in [3.63, 3.8) is 0 Å². The van der Waals surface area contributed by atoms with Crippen molar-refractivity contribution in [1.82, 2.24) is 5.32 Å². The maximum Gasteiger partial charge on any atom is 0.157 e. The van der Waals surface area contributed by atoms with Crippen LogP contribution in [0.15, 0.2) is 4.99 Å². The van der Waals surface area contributed by atoms with Gasteiger partial charge >= 0.3 is 0 Å². The van der Waals surface area contributed by atoms with Crippen LogP contribution in [-0.2, 0) is 0 Å². The molecule has 0 fully saturated rings. The van der Waals surface area contributed by atoms with Crippen molar-refractivity contribution in [3.8, 4) is 0 Å². The molecule has 2 nitrogen and oxygen atoms in total. The average molecular weight is 260 g/mol. The van der Waals surface area contributed by atoms with Gasteiger partial charge in [0.1, 0.15) is 0 Å². The molecular weight excluding hydrogens is 236 g/mol. The SMILES string of the molecule is CCC(CSC)NC1=NCC(CC(C)C)S1. The molecule has 0 saturated heterocycles. The molecule has 1 rings (SSSR count). The number of rotatable bonds is 6. The first-order valence-electron chi connectivity index (χ1n) is 6.12. The van der Waals surface area contributed by atoms with E-state index in [4.69, 9.17) is 0 Å². The Hall–Kier alpha value is 0.170. The maximum absolute atomic E-state index is 4.60. The predicted octanol–water partition coefficient (Wildman–Crippen LogP) is 3.24. The summed E-state index contributed by atoms with van der Waals surface area (Å²) in [6, 6.07) is 0.582. The van der Waals surface area contributed by atoms with Gasteiger partial charge in [0.2, 0.25) is 0 Å². The van der Waals surface area contributed by atoms with Crippen molar-refractivity contribution in [1.29, 1.82) is 0 Å².